The summed E-state index contributed by atoms with van der Waals surface area (Å²) >= 11 is 0. The van der Waals surface area contributed by atoms with E-state index >= 15 is 0 Å². The minimum absolute atomic E-state index is 0.135. The average Bonchev–Trinajstić information content (AvgIpc) is 2.67. The maximum Gasteiger partial charge on any atom is 0.268 e. The SMILES string of the molecule is NC(=O)[C@H]1CN(C(=O)[C@@H](Oc2ccccc2)c2ccccc2)CCO1. The van der Waals surface area contributed by atoms with Crippen molar-refractivity contribution < 1.29 is 19.1 Å². The van der Waals surface area contributed by atoms with Crippen LogP contribution < -0.4 is 10.5 Å². The van der Waals surface area contributed by atoms with Crippen LogP contribution in [0.5, 0.6) is 5.75 Å². The average molecular weight is 340 g/mol. The summed E-state index contributed by atoms with van der Waals surface area (Å²) in [5.41, 5.74) is 6.06. The minimum Gasteiger partial charge on any atom is -0.476 e. The van der Waals surface area contributed by atoms with Crippen LogP contribution in [0, 0.1) is 0 Å². The normalized spacial score (nSPS) is 18.4. The number of nitrogens with two attached hydrogens (primary N) is 1. The smallest absolute Gasteiger partial charge is 0.268 e. The molecule has 0 aliphatic carbocycles. The van der Waals surface area contributed by atoms with E-state index in [1.807, 2.05) is 48.5 Å². The third kappa shape index (κ3) is 4.16. The Hall–Kier alpha value is -2.86. The zero-order chi connectivity index (χ0) is 17.6. The molecule has 0 unspecified atom stereocenters. The third-order valence-corrected chi connectivity index (χ3v) is 4.02. The summed E-state index contributed by atoms with van der Waals surface area (Å²) in [6, 6.07) is 18.5. The van der Waals surface area contributed by atoms with Crippen LogP contribution in [0.25, 0.3) is 0 Å². The molecule has 1 aliphatic heterocycles. The second-order valence-corrected chi connectivity index (χ2v) is 5.77. The van der Waals surface area contributed by atoms with Crippen molar-refractivity contribution in [3.05, 3.63) is 66.2 Å². The van der Waals surface area contributed by atoms with Gasteiger partial charge in [0.1, 0.15) is 5.75 Å². The number of rotatable bonds is 5. The van der Waals surface area contributed by atoms with Gasteiger partial charge in [-0.3, -0.25) is 9.59 Å². The van der Waals surface area contributed by atoms with Crippen LogP contribution in [0.1, 0.15) is 11.7 Å². The zero-order valence-corrected chi connectivity index (χ0v) is 13.7. The Labute approximate surface area is 146 Å². The van der Waals surface area contributed by atoms with E-state index < -0.39 is 18.1 Å². The molecule has 1 aliphatic rings. The van der Waals surface area contributed by atoms with Crippen molar-refractivity contribution in [2.45, 2.75) is 12.2 Å². The number of hydrogen-bond acceptors (Lipinski definition) is 4. The standard InChI is InChI=1S/C19H20N2O4/c20-18(22)16-13-21(11-12-24-16)19(23)17(14-7-3-1-4-8-14)25-15-9-5-2-6-10-15/h1-10,16-17H,11-13H2,(H2,20,22)/t16-,17+/m1/s1. The maximum atomic E-state index is 13.1. The number of primary amides is 1. The van der Waals surface area contributed by atoms with Gasteiger partial charge in [-0.1, -0.05) is 48.5 Å². The van der Waals surface area contributed by atoms with Gasteiger partial charge in [-0.05, 0) is 12.1 Å². The lowest BCUT2D eigenvalue weighted by Crippen LogP contribution is -2.52. The number of para-hydroxylation sites is 1. The Bertz CT molecular complexity index is 721. The Morgan fingerprint density at radius 1 is 1.08 bits per heavy atom. The zero-order valence-electron chi connectivity index (χ0n) is 13.7. The number of nitrogens with zero attached hydrogens (tertiary/aromatic N) is 1. The summed E-state index contributed by atoms with van der Waals surface area (Å²) in [6.45, 7) is 0.798. The third-order valence-electron chi connectivity index (χ3n) is 4.02. The van der Waals surface area contributed by atoms with Crippen LogP contribution in [0.2, 0.25) is 0 Å². The van der Waals surface area contributed by atoms with Crippen molar-refractivity contribution in [3.8, 4) is 5.75 Å². The molecule has 3 rings (SSSR count). The molecule has 130 valence electrons. The van der Waals surface area contributed by atoms with E-state index in [0.29, 0.717) is 12.3 Å². The van der Waals surface area contributed by atoms with Gasteiger partial charge in [-0.15, -0.1) is 0 Å². The first-order valence-corrected chi connectivity index (χ1v) is 8.11. The number of amides is 2. The first-order chi connectivity index (χ1) is 12.1. The van der Waals surface area contributed by atoms with Gasteiger partial charge < -0.3 is 20.1 Å². The molecular weight excluding hydrogens is 320 g/mol. The highest BCUT2D eigenvalue weighted by Gasteiger charge is 2.33. The Morgan fingerprint density at radius 2 is 1.72 bits per heavy atom. The fourth-order valence-electron chi connectivity index (χ4n) is 2.71. The Kier molecular flexibility index (Phi) is 5.30. The van der Waals surface area contributed by atoms with Gasteiger partial charge in [-0.2, -0.15) is 0 Å². The molecule has 0 bridgehead atoms. The van der Waals surface area contributed by atoms with E-state index in [1.165, 1.54) is 0 Å². The highest BCUT2D eigenvalue weighted by atomic mass is 16.5. The number of morpholine rings is 1. The van der Waals surface area contributed by atoms with Crippen LogP contribution in [0.15, 0.2) is 60.7 Å². The largest absolute Gasteiger partial charge is 0.476 e. The molecule has 6 nitrogen and oxygen atoms in total. The summed E-state index contributed by atoms with van der Waals surface area (Å²) in [5.74, 6) is -0.188. The highest BCUT2D eigenvalue weighted by Crippen LogP contribution is 2.24. The number of carbonyl (C=O) groups is 2. The van der Waals surface area contributed by atoms with Gasteiger partial charge in [0.15, 0.2) is 6.10 Å². The molecule has 6 heteroatoms. The predicted octanol–water partition coefficient (Wildman–Crippen LogP) is 1.52. The summed E-state index contributed by atoms with van der Waals surface area (Å²) in [5, 5.41) is 0. The molecule has 2 atom stereocenters. The lowest BCUT2D eigenvalue weighted by atomic mass is 10.1. The van der Waals surface area contributed by atoms with E-state index in [0.717, 1.165) is 5.56 Å². The molecule has 1 heterocycles. The first kappa shape index (κ1) is 17.0. The molecule has 2 N–H and O–H groups in total. The van der Waals surface area contributed by atoms with Gasteiger partial charge in [0.25, 0.3) is 5.91 Å². The lowest BCUT2D eigenvalue weighted by Gasteiger charge is -2.33. The first-order valence-electron chi connectivity index (χ1n) is 8.11. The molecule has 2 amide bonds. The van der Waals surface area contributed by atoms with Gasteiger partial charge in [0.05, 0.1) is 13.2 Å². The summed E-state index contributed by atoms with van der Waals surface area (Å²) in [4.78, 5) is 26.0. The molecule has 2 aromatic carbocycles. The fraction of sp³-hybridized carbons (Fsp3) is 0.263. The number of ether oxygens (including phenoxy) is 2. The van der Waals surface area contributed by atoms with Crippen LogP contribution in [0.4, 0.5) is 0 Å². The van der Waals surface area contributed by atoms with Gasteiger partial charge in [0.2, 0.25) is 12.0 Å². The van der Waals surface area contributed by atoms with Crippen LogP contribution in [-0.4, -0.2) is 42.5 Å². The van der Waals surface area contributed by atoms with Crippen LogP contribution in [-0.2, 0) is 14.3 Å². The van der Waals surface area contributed by atoms with E-state index in [4.69, 9.17) is 15.2 Å². The van der Waals surface area contributed by atoms with E-state index in [-0.39, 0.29) is 19.1 Å². The van der Waals surface area contributed by atoms with Crippen molar-refractivity contribution in [3.63, 3.8) is 0 Å². The highest BCUT2D eigenvalue weighted by molar-refractivity contribution is 5.85. The molecule has 25 heavy (non-hydrogen) atoms. The van der Waals surface area contributed by atoms with Crippen molar-refractivity contribution in [2.24, 2.45) is 5.73 Å². The molecule has 1 saturated heterocycles. The molecule has 0 radical (unpaired) electrons. The topological polar surface area (TPSA) is 81.9 Å². The van der Waals surface area contributed by atoms with E-state index in [9.17, 15) is 9.59 Å². The van der Waals surface area contributed by atoms with Crippen molar-refractivity contribution in [1.82, 2.24) is 4.90 Å². The molecular formula is C19H20N2O4. The van der Waals surface area contributed by atoms with Crippen molar-refractivity contribution in [1.29, 1.82) is 0 Å². The quantitative estimate of drug-likeness (QED) is 0.895. The summed E-state index contributed by atoms with van der Waals surface area (Å²) in [6.07, 6.45) is -1.58. The van der Waals surface area contributed by atoms with E-state index in [1.54, 1.807) is 17.0 Å². The minimum atomic E-state index is -0.796. The van der Waals surface area contributed by atoms with Gasteiger partial charge in [0, 0.05) is 12.1 Å². The fourth-order valence-corrected chi connectivity index (χ4v) is 2.71. The van der Waals surface area contributed by atoms with Crippen molar-refractivity contribution in [2.75, 3.05) is 19.7 Å². The lowest BCUT2D eigenvalue weighted by molar-refractivity contribution is -0.150. The second kappa shape index (κ2) is 7.81. The maximum absolute atomic E-state index is 13.1. The van der Waals surface area contributed by atoms with Crippen LogP contribution >= 0.6 is 0 Å². The van der Waals surface area contributed by atoms with Crippen molar-refractivity contribution >= 4 is 11.8 Å². The molecule has 0 spiro atoms. The van der Waals surface area contributed by atoms with Gasteiger partial charge >= 0.3 is 0 Å². The molecule has 0 aromatic heterocycles. The molecule has 2 aromatic rings. The summed E-state index contributed by atoms with van der Waals surface area (Å²) in [7, 11) is 0. The number of hydrogen-bond donors (Lipinski definition) is 1. The van der Waals surface area contributed by atoms with Gasteiger partial charge in [-0.25, -0.2) is 0 Å². The predicted molar refractivity (Wildman–Crippen MR) is 91.8 cm³/mol. The number of benzene rings is 2. The molecule has 0 saturated carbocycles. The van der Waals surface area contributed by atoms with E-state index in [2.05, 4.69) is 0 Å². The number of carbonyl (C=O) groups excluding carboxylic acids is 2. The Morgan fingerprint density at radius 3 is 2.36 bits per heavy atom. The Balaban J connectivity index is 1.83. The monoisotopic (exact) mass is 340 g/mol. The summed E-state index contributed by atoms with van der Waals surface area (Å²) < 4.78 is 11.3. The molecule has 1 fully saturated rings. The second-order valence-electron chi connectivity index (χ2n) is 5.77. The van der Waals surface area contributed by atoms with Crippen LogP contribution in [0.3, 0.4) is 0 Å².